The zero-order valence-electron chi connectivity index (χ0n) is 18.2. The number of hydrogen-bond acceptors (Lipinski definition) is 5. The van der Waals surface area contributed by atoms with Gasteiger partial charge >= 0.3 is 0 Å². The molecule has 0 atom stereocenters. The number of anilines is 1. The summed E-state index contributed by atoms with van der Waals surface area (Å²) in [6, 6.07) is 20.2. The van der Waals surface area contributed by atoms with Gasteiger partial charge in [-0.05, 0) is 26.0 Å². The molecule has 0 radical (unpaired) electrons. The van der Waals surface area contributed by atoms with Crippen molar-refractivity contribution in [1.29, 1.82) is 0 Å². The van der Waals surface area contributed by atoms with Crippen molar-refractivity contribution in [3.63, 3.8) is 0 Å². The van der Waals surface area contributed by atoms with Crippen LogP contribution in [0, 0.1) is 13.8 Å². The summed E-state index contributed by atoms with van der Waals surface area (Å²) in [6.45, 7) is 7.08. The molecule has 0 bridgehead atoms. The summed E-state index contributed by atoms with van der Waals surface area (Å²) in [6.07, 6.45) is 0. The molecule has 7 heteroatoms. The molecule has 0 N–H and O–H groups in total. The summed E-state index contributed by atoms with van der Waals surface area (Å²) >= 11 is 1.52. The predicted molar refractivity (Wildman–Crippen MR) is 129 cm³/mol. The Morgan fingerprint density at radius 2 is 1.56 bits per heavy atom. The molecule has 0 unspecified atom stereocenters. The highest BCUT2D eigenvalue weighted by Crippen LogP contribution is 2.28. The normalized spacial score (nSPS) is 14.1. The van der Waals surface area contributed by atoms with Gasteiger partial charge in [0.2, 0.25) is 0 Å². The smallest absolute Gasteiger partial charge is 0.273 e. The van der Waals surface area contributed by atoms with Crippen molar-refractivity contribution in [3.8, 4) is 16.3 Å². The van der Waals surface area contributed by atoms with E-state index in [-0.39, 0.29) is 5.91 Å². The van der Waals surface area contributed by atoms with Crippen molar-refractivity contribution in [2.24, 2.45) is 0 Å². The summed E-state index contributed by atoms with van der Waals surface area (Å²) in [5.74, 6) is 0.0107. The molecule has 1 fully saturated rings. The van der Waals surface area contributed by atoms with Gasteiger partial charge in [0, 0.05) is 37.1 Å². The van der Waals surface area contributed by atoms with E-state index < -0.39 is 0 Å². The Labute approximate surface area is 191 Å². The minimum atomic E-state index is 0.0107. The first kappa shape index (κ1) is 20.5. The summed E-state index contributed by atoms with van der Waals surface area (Å²) in [5, 5.41) is 7.53. The van der Waals surface area contributed by atoms with E-state index in [4.69, 9.17) is 5.10 Å². The molecule has 1 saturated heterocycles. The molecular weight excluding hydrogens is 418 g/mol. The second-order valence-corrected chi connectivity index (χ2v) is 8.81. The van der Waals surface area contributed by atoms with Crippen LogP contribution < -0.4 is 4.90 Å². The Morgan fingerprint density at radius 3 is 2.25 bits per heavy atom. The minimum Gasteiger partial charge on any atom is -0.365 e. The number of rotatable bonds is 4. The van der Waals surface area contributed by atoms with Gasteiger partial charge < -0.3 is 9.80 Å². The Balaban J connectivity index is 1.28. The van der Waals surface area contributed by atoms with Gasteiger partial charge in [0.05, 0.1) is 22.8 Å². The van der Waals surface area contributed by atoms with Gasteiger partial charge in [-0.2, -0.15) is 5.10 Å². The fourth-order valence-corrected chi connectivity index (χ4v) is 5.09. The van der Waals surface area contributed by atoms with Crippen LogP contribution in [-0.4, -0.2) is 51.8 Å². The third-order valence-electron chi connectivity index (χ3n) is 5.88. The number of benzene rings is 2. The zero-order chi connectivity index (χ0) is 22.1. The first-order valence-electron chi connectivity index (χ1n) is 10.8. The first-order chi connectivity index (χ1) is 15.6. The van der Waals surface area contributed by atoms with Crippen molar-refractivity contribution in [2.75, 3.05) is 31.1 Å². The molecule has 4 aromatic rings. The highest BCUT2D eigenvalue weighted by Gasteiger charge is 2.27. The summed E-state index contributed by atoms with van der Waals surface area (Å²) in [4.78, 5) is 21.9. The molecular formula is C25H25N5OS. The third-order valence-corrected chi connectivity index (χ3v) is 6.77. The SMILES string of the molecule is Cc1nn(-c2ccccc2)c(C)c1N1CCN(C(=O)c2csc(-c3ccccc3)n2)CC1. The molecule has 5 rings (SSSR count). The van der Waals surface area contributed by atoms with Gasteiger partial charge in [0.15, 0.2) is 0 Å². The van der Waals surface area contributed by atoms with Gasteiger partial charge in [-0.1, -0.05) is 48.5 Å². The topological polar surface area (TPSA) is 54.3 Å². The molecule has 0 spiro atoms. The van der Waals surface area contributed by atoms with Gasteiger partial charge in [-0.15, -0.1) is 11.3 Å². The molecule has 0 saturated carbocycles. The Bertz CT molecular complexity index is 1220. The van der Waals surface area contributed by atoms with Crippen molar-refractivity contribution < 1.29 is 4.79 Å². The fourth-order valence-electron chi connectivity index (χ4n) is 4.29. The number of hydrogen-bond donors (Lipinski definition) is 0. The van der Waals surface area contributed by atoms with E-state index in [0.717, 1.165) is 40.7 Å². The number of aryl methyl sites for hydroxylation is 1. The van der Waals surface area contributed by atoms with Crippen LogP contribution in [0.5, 0.6) is 0 Å². The van der Waals surface area contributed by atoms with E-state index in [9.17, 15) is 4.79 Å². The van der Waals surface area contributed by atoms with Gasteiger partial charge in [-0.25, -0.2) is 9.67 Å². The summed E-state index contributed by atoms with van der Waals surface area (Å²) < 4.78 is 2.00. The number of carbonyl (C=O) groups excluding carboxylic acids is 1. The maximum Gasteiger partial charge on any atom is 0.273 e. The number of para-hydroxylation sites is 1. The quantitative estimate of drug-likeness (QED) is 0.463. The maximum atomic E-state index is 13.0. The molecule has 1 aliphatic rings. The van der Waals surface area contributed by atoms with Gasteiger partial charge in [0.1, 0.15) is 10.7 Å². The van der Waals surface area contributed by atoms with E-state index in [1.165, 1.54) is 17.0 Å². The lowest BCUT2D eigenvalue weighted by Gasteiger charge is -2.36. The molecule has 1 amide bonds. The molecule has 162 valence electrons. The third kappa shape index (κ3) is 3.80. The Hall–Kier alpha value is -3.45. The summed E-state index contributed by atoms with van der Waals surface area (Å²) in [7, 11) is 0. The van der Waals surface area contributed by atoms with Gasteiger partial charge in [0.25, 0.3) is 5.91 Å². The maximum absolute atomic E-state index is 13.0. The number of carbonyl (C=O) groups is 1. The second kappa shape index (κ2) is 8.59. The molecule has 0 aliphatic carbocycles. The van der Waals surface area contributed by atoms with E-state index in [0.29, 0.717) is 18.8 Å². The Morgan fingerprint density at radius 1 is 0.906 bits per heavy atom. The number of thiazole rings is 1. The van der Waals surface area contributed by atoms with E-state index in [1.807, 2.05) is 63.5 Å². The van der Waals surface area contributed by atoms with E-state index in [1.54, 1.807) is 0 Å². The van der Waals surface area contributed by atoms with Crippen LogP contribution in [0.1, 0.15) is 21.9 Å². The van der Waals surface area contributed by atoms with Gasteiger partial charge in [-0.3, -0.25) is 4.79 Å². The van der Waals surface area contributed by atoms with Crippen LogP contribution in [0.15, 0.2) is 66.0 Å². The van der Waals surface area contributed by atoms with Crippen molar-refractivity contribution >= 4 is 22.9 Å². The average molecular weight is 444 g/mol. The van der Waals surface area contributed by atoms with Crippen molar-refractivity contribution in [2.45, 2.75) is 13.8 Å². The lowest BCUT2D eigenvalue weighted by Crippen LogP contribution is -2.49. The van der Waals surface area contributed by atoms with Crippen LogP contribution >= 0.6 is 11.3 Å². The monoisotopic (exact) mass is 443 g/mol. The largest absolute Gasteiger partial charge is 0.365 e. The van der Waals surface area contributed by atoms with Crippen molar-refractivity contribution in [1.82, 2.24) is 19.7 Å². The van der Waals surface area contributed by atoms with Crippen LogP contribution in [0.25, 0.3) is 16.3 Å². The average Bonchev–Trinajstić information content (AvgIpc) is 3.45. The minimum absolute atomic E-state index is 0.0107. The van der Waals surface area contributed by atoms with Crippen LogP contribution in [-0.2, 0) is 0 Å². The molecule has 32 heavy (non-hydrogen) atoms. The van der Waals surface area contributed by atoms with E-state index >= 15 is 0 Å². The highest BCUT2D eigenvalue weighted by atomic mass is 32.1. The standard InChI is InChI=1S/C25H25N5OS/c1-18-23(19(2)30(27-18)21-11-7-4-8-12-21)28-13-15-29(16-14-28)25(31)22-17-32-24(26-22)20-9-5-3-6-10-20/h3-12,17H,13-16H2,1-2H3. The number of aromatic nitrogens is 3. The Kier molecular flexibility index (Phi) is 5.49. The number of amides is 1. The lowest BCUT2D eigenvalue weighted by molar-refractivity contribution is 0.0742. The van der Waals surface area contributed by atoms with Crippen LogP contribution in [0.4, 0.5) is 5.69 Å². The van der Waals surface area contributed by atoms with Crippen molar-refractivity contribution in [3.05, 3.63) is 83.1 Å². The zero-order valence-corrected chi connectivity index (χ0v) is 19.0. The molecule has 2 aromatic carbocycles. The van der Waals surface area contributed by atoms with E-state index in [2.05, 4.69) is 35.9 Å². The summed E-state index contributed by atoms with van der Waals surface area (Å²) in [5.41, 5.74) is 5.94. The number of piperazine rings is 1. The number of nitrogens with zero attached hydrogens (tertiary/aromatic N) is 5. The first-order valence-corrected chi connectivity index (χ1v) is 11.7. The highest BCUT2D eigenvalue weighted by molar-refractivity contribution is 7.13. The van der Waals surface area contributed by atoms with Crippen LogP contribution in [0.3, 0.4) is 0 Å². The molecule has 6 nitrogen and oxygen atoms in total. The second-order valence-electron chi connectivity index (χ2n) is 7.95. The molecule has 2 aromatic heterocycles. The molecule has 3 heterocycles. The van der Waals surface area contributed by atoms with Crippen LogP contribution in [0.2, 0.25) is 0 Å². The molecule has 1 aliphatic heterocycles. The lowest BCUT2D eigenvalue weighted by atomic mass is 10.2. The fraction of sp³-hybridized carbons (Fsp3) is 0.240. The predicted octanol–water partition coefficient (Wildman–Crippen LogP) is 4.58.